The van der Waals surface area contributed by atoms with Crippen molar-refractivity contribution >= 4 is 11.6 Å². The third-order valence-electron chi connectivity index (χ3n) is 2.58. The first-order chi connectivity index (χ1) is 8.94. The number of anilines is 2. The molecule has 0 spiro atoms. The molecule has 1 aromatic carbocycles. The standard InChI is InChI=1S/C14H17F2N3/c1-9(2)7-19-8-10(3)17-14(19)18-13-5-11(15)4-12(16)6-13/h4-6,8-9H,7H2,1-3H3,(H,17,18). The molecular weight excluding hydrogens is 248 g/mol. The zero-order valence-corrected chi connectivity index (χ0v) is 11.2. The van der Waals surface area contributed by atoms with Gasteiger partial charge in [0.05, 0.1) is 5.69 Å². The van der Waals surface area contributed by atoms with Crippen molar-refractivity contribution < 1.29 is 8.78 Å². The van der Waals surface area contributed by atoms with E-state index in [1.807, 2.05) is 17.7 Å². The molecule has 0 aliphatic rings. The van der Waals surface area contributed by atoms with Crippen LogP contribution in [0.1, 0.15) is 19.5 Å². The van der Waals surface area contributed by atoms with Gasteiger partial charge in [0.25, 0.3) is 0 Å². The molecule has 1 heterocycles. The van der Waals surface area contributed by atoms with Crippen molar-refractivity contribution in [3.05, 3.63) is 41.7 Å². The van der Waals surface area contributed by atoms with Crippen molar-refractivity contribution in [3.8, 4) is 0 Å². The first-order valence-corrected chi connectivity index (χ1v) is 6.21. The number of nitrogens with one attached hydrogen (secondary N) is 1. The molecule has 102 valence electrons. The van der Waals surface area contributed by atoms with Crippen molar-refractivity contribution in [2.75, 3.05) is 5.32 Å². The Morgan fingerprint density at radius 2 is 1.84 bits per heavy atom. The van der Waals surface area contributed by atoms with Gasteiger partial charge in [-0.15, -0.1) is 0 Å². The van der Waals surface area contributed by atoms with Gasteiger partial charge in [0, 0.05) is 24.5 Å². The van der Waals surface area contributed by atoms with Crippen molar-refractivity contribution in [1.29, 1.82) is 0 Å². The van der Waals surface area contributed by atoms with Crippen LogP contribution in [0.4, 0.5) is 20.4 Å². The molecular formula is C14H17F2N3. The topological polar surface area (TPSA) is 29.9 Å². The highest BCUT2D eigenvalue weighted by Crippen LogP contribution is 2.19. The number of hydrogen-bond donors (Lipinski definition) is 1. The van der Waals surface area contributed by atoms with Crippen LogP contribution < -0.4 is 5.32 Å². The number of rotatable bonds is 4. The number of aromatic nitrogens is 2. The van der Waals surface area contributed by atoms with Crippen molar-refractivity contribution in [2.24, 2.45) is 5.92 Å². The predicted octanol–water partition coefficient (Wildman–Crippen LogP) is 3.87. The van der Waals surface area contributed by atoms with Crippen LogP contribution in [0.3, 0.4) is 0 Å². The Balaban J connectivity index is 2.27. The van der Waals surface area contributed by atoms with E-state index < -0.39 is 11.6 Å². The third kappa shape index (κ3) is 3.53. The second-order valence-electron chi connectivity index (χ2n) is 5.04. The Hall–Kier alpha value is -1.91. The number of nitrogens with zero attached hydrogens (tertiary/aromatic N) is 2. The molecule has 0 saturated carbocycles. The van der Waals surface area contributed by atoms with Gasteiger partial charge in [-0.25, -0.2) is 13.8 Å². The summed E-state index contributed by atoms with van der Waals surface area (Å²) in [6.45, 7) is 6.87. The van der Waals surface area contributed by atoms with E-state index in [2.05, 4.69) is 24.1 Å². The second kappa shape index (κ2) is 5.38. The molecule has 5 heteroatoms. The van der Waals surface area contributed by atoms with Crippen LogP contribution in [0.2, 0.25) is 0 Å². The molecule has 0 saturated heterocycles. The van der Waals surface area contributed by atoms with Crippen LogP contribution in [0, 0.1) is 24.5 Å². The van der Waals surface area contributed by atoms with Crippen molar-refractivity contribution in [1.82, 2.24) is 9.55 Å². The lowest BCUT2D eigenvalue weighted by Gasteiger charge is -2.11. The molecule has 0 unspecified atom stereocenters. The lowest BCUT2D eigenvalue weighted by molar-refractivity contribution is 0.527. The molecule has 19 heavy (non-hydrogen) atoms. The summed E-state index contributed by atoms with van der Waals surface area (Å²) < 4.78 is 28.2. The maximum Gasteiger partial charge on any atom is 0.207 e. The molecule has 0 amide bonds. The monoisotopic (exact) mass is 265 g/mol. The van der Waals surface area contributed by atoms with E-state index in [1.54, 1.807) is 0 Å². The lowest BCUT2D eigenvalue weighted by atomic mass is 10.2. The molecule has 0 aliphatic carbocycles. The summed E-state index contributed by atoms with van der Waals surface area (Å²) >= 11 is 0. The summed E-state index contributed by atoms with van der Waals surface area (Å²) in [4.78, 5) is 4.33. The Kier molecular flexibility index (Phi) is 3.83. The maximum atomic E-state index is 13.1. The van der Waals surface area contributed by atoms with Gasteiger partial charge in [-0.2, -0.15) is 0 Å². The van der Waals surface area contributed by atoms with Crippen molar-refractivity contribution in [3.63, 3.8) is 0 Å². The molecule has 1 aromatic heterocycles. The molecule has 1 N–H and O–H groups in total. The lowest BCUT2D eigenvalue weighted by Crippen LogP contribution is -2.07. The average Bonchev–Trinajstić information content (AvgIpc) is 2.56. The van der Waals surface area contributed by atoms with E-state index in [9.17, 15) is 8.78 Å². The maximum absolute atomic E-state index is 13.1. The summed E-state index contributed by atoms with van der Waals surface area (Å²) in [5.74, 6) is -0.169. The fourth-order valence-electron chi connectivity index (χ4n) is 1.93. The Morgan fingerprint density at radius 1 is 1.21 bits per heavy atom. The predicted molar refractivity (Wildman–Crippen MR) is 71.4 cm³/mol. The quantitative estimate of drug-likeness (QED) is 0.909. The molecule has 0 atom stereocenters. The molecule has 2 aromatic rings. The summed E-state index contributed by atoms with van der Waals surface area (Å²) in [5, 5.41) is 2.95. The number of benzene rings is 1. The summed E-state index contributed by atoms with van der Waals surface area (Å²) in [5.41, 5.74) is 1.22. The minimum absolute atomic E-state index is 0.355. The number of halogens is 2. The van der Waals surface area contributed by atoms with E-state index in [0.717, 1.165) is 18.3 Å². The molecule has 3 nitrogen and oxygen atoms in total. The van der Waals surface area contributed by atoms with Gasteiger partial charge in [0.1, 0.15) is 11.6 Å². The highest BCUT2D eigenvalue weighted by molar-refractivity contribution is 5.54. The zero-order valence-electron chi connectivity index (χ0n) is 11.2. The van der Waals surface area contributed by atoms with Gasteiger partial charge >= 0.3 is 0 Å². The van der Waals surface area contributed by atoms with Crippen LogP contribution in [0.15, 0.2) is 24.4 Å². The Morgan fingerprint density at radius 3 is 2.42 bits per heavy atom. The summed E-state index contributed by atoms with van der Waals surface area (Å²) in [6, 6.07) is 3.33. The number of hydrogen-bond acceptors (Lipinski definition) is 2. The van der Waals surface area contributed by atoms with Crippen LogP contribution in [-0.4, -0.2) is 9.55 Å². The number of imidazole rings is 1. The van der Waals surface area contributed by atoms with E-state index >= 15 is 0 Å². The molecule has 0 fully saturated rings. The summed E-state index contributed by atoms with van der Waals surface area (Å²) in [6.07, 6.45) is 1.91. The van der Waals surface area contributed by atoms with Gasteiger partial charge in [-0.3, -0.25) is 0 Å². The highest BCUT2D eigenvalue weighted by atomic mass is 19.1. The minimum Gasteiger partial charge on any atom is -0.325 e. The fraction of sp³-hybridized carbons (Fsp3) is 0.357. The van der Waals surface area contributed by atoms with Crippen molar-refractivity contribution in [2.45, 2.75) is 27.3 Å². The van der Waals surface area contributed by atoms with Gasteiger partial charge in [-0.05, 0) is 25.0 Å². The first-order valence-electron chi connectivity index (χ1n) is 6.21. The van der Waals surface area contributed by atoms with E-state index in [4.69, 9.17) is 0 Å². The van der Waals surface area contributed by atoms with Crippen LogP contribution in [0.25, 0.3) is 0 Å². The van der Waals surface area contributed by atoms with E-state index in [0.29, 0.717) is 17.6 Å². The van der Waals surface area contributed by atoms with Gasteiger partial charge in [0.2, 0.25) is 5.95 Å². The Bertz CT molecular complexity index is 556. The van der Waals surface area contributed by atoms with Gasteiger partial charge in [0.15, 0.2) is 0 Å². The van der Waals surface area contributed by atoms with Gasteiger partial charge in [-0.1, -0.05) is 13.8 Å². The highest BCUT2D eigenvalue weighted by Gasteiger charge is 2.09. The normalized spacial score (nSPS) is 11.1. The van der Waals surface area contributed by atoms with Crippen LogP contribution in [-0.2, 0) is 6.54 Å². The SMILES string of the molecule is Cc1cn(CC(C)C)c(Nc2cc(F)cc(F)c2)n1. The minimum atomic E-state index is -0.610. The fourth-order valence-corrected chi connectivity index (χ4v) is 1.93. The largest absolute Gasteiger partial charge is 0.325 e. The average molecular weight is 265 g/mol. The van der Waals surface area contributed by atoms with Crippen LogP contribution in [0.5, 0.6) is 0 Å². The smallest absolute Gasteiger partial charge is 0.207 e. The van der Waals surface area contributed by atoms with E-state index in [-0.39, 0.29) is 0 Å². The third-order valence-corrected chi connectivity index (χ3v) is 2.58. The second-order valence-corrected chi connectivity index (χ2v) is 5.04. The van der Waals surface area contributed by atoms with Gasteiger partial charge < -0.3 is 9.88 Å². The van der Waals surface area contributed by atoms with Crippen LogP contribution >= 0.6 is 0 Å². The number of aryl methyl sites for hydroxylation is 1. The Labute approximate surface area is 111 Å². The molecule has 0 aliphatic heterocycles. The first kappa shape index (κ1) is 13.5. The van der Waals surface area contributed by atoms with E-state index in [1.165, 1.54) is 12.1 Å². The summed E-state index contributed by atoms with van der Waals surface area (Å²) in [7, 11) is 0. The molecule has 2 rings (SSSR count). The zero-order chi connectivity index (χ0) is 14.0. The molecule has 0 bridgehead atoms. The molecule has 0 radical (unpaired) electrons.